The number of hydrogen-bond acceptors (Lipinski definition) is 8. The van der Waals surface area contributed by atoms with Crippen molar-refractivity contribution in [1.82, 2.24) is 0 Å². The van der Waals surface area contributed by atoms with Gasteiger partial charge < -0.3 is 20.1 Å². The summed E-state index contributed by atoms with van der Waals surface area (Å²) >= 11 is 0. The third-order valence-electron chi connectivity index (χ3n) is 13.7. The van der Waals surface area contributed by atoms with Gasteiger partial charge in [0.2, 0.25) is 0 Å². The summed E-state index contributed by atoms with van der Waals surface area (Å²) < 4.78 is 32.8. The fourth-order valence-corrected chi connectivity index (χ4v) is 9.95. The predicted octanol–water partition coefficient (Wildman–Crippen LogP) is 19.7. The molecular weight excluding hydrogens is 930 g/mol. The maximum absolute atomic E-state index is 12.6. The Morgan fingerprint density at radius 2 is 0.753 bits per heavy atom. The summed E-state index contributed by atoms with van der Waals surface area (Å²) in [6.45, 7) is 3.57. The third-order valence-corrected chi connectivity index (χ3v) is 14.7. The second kappa shape index (κ2) is 59.2. The Morgan fingerprint density at radius 1 is 0.425 bits per heavy atom. The largest absolute Gasteiger partial charge is 0.472 e. The number of hydrogen-bond donors (Lipinski definition) is 2. The lowest BCUT2D eigenvalue weighted by Gasteiger charge is -2.19. The molecule has 0 amide bonds. The van der Waals surface area contributed by atoms with Crippen LogP contribution in [0.1, 0.15) is 309 Å². The fourth-order valence-electron chi connectivity index (χ4n) is 9.18. The first-order valence-corrected chi connectivity index (χ1v) is 32.6. The van der Waals surface area contributed by atoms with Crippen molar-refractivity contribution in [2.24, 2.45) is 5.73 Å². The van der Waals surface area contributed by atoms with Crippen LogP contribution in [0.3, 0.4) is 0 Å². The molecular formula is C63H118NO8P. The molecule has 0 spiro atoms. The number of phosphoric acid groups is 1. The van der Waals surface area contributed by atoms with Crippen molar-refractivity contribution in [2.45, 2.75) is 315 Å². The molecule has 2 unspecified atom stereocenters. The van der Waals surface area contributed by atoms with E-state index in [0.29, 0.717) is 6.42 Å². The van der Waals surface area contributed by atoms with Crippen molar-refractivity contribution in [1.29, 1.82) is 0 Å². The van der Waals surface area contributed by atoms with Crippen LogP contribution >= 0.6 is 7.82 Å². The molecule has 10 heteroatoms. The van der Waals surface area contributed by atoms with Gasteiger partial charge in [0.15, 0.2) is 6.10 Å². The fraction of sp³-hybridized carbons (Fsp3) is 0.841. The zero-order chi connectivity index (χ0) is 53.1. The van der Waals surface area contributed by atoms with Crippen LogP contribution in [0.4, 0.5) is 0 Å². The Hall–Kier alpha value is -2.03. The highest BCUT2D eigenvalue weighted by molar-refractivity contribution is 7.47. The summed E-state index contributed by atoms with van der Waals surface area (Å²) in [5.74, 6) is -0.913. The lowest BCUT2D eigenvalue weighted by Crippen LogP contribution is -2.29. The first-order chi connectivity index (χ1) is 35.8. The Labute approximate surface area is 451 Å². The predicted molar refractivity (Wildman–Crippen MR) is 312 cm³/mol. The van der Waals surface area contributed by atoms with Gasteiger partial charge in [0.1, 0.15) is 6.61 Å². The van der Waals surface area contributed by atoms with E-state index in [1.807, 2.05) is 12.2 Å². The van der Waals surface area contributed by atoms with Gasteiger partial charge in [-0.15, -0.1) is 0 Å². The van der Waals surface area contributed by atoms with E-state index in [1.165, 1.54) is 231 Å². The molecule has 0 aromatic rings. The standard InChI is InChI=1S/C63H118NO8P/c1-3-5-7-9-11-13-15-17-18-19-20-21-22-23-24-25-26-27-28-29-30-31-32-33-34-35-36-37-38-39-40-41-42-44-45-47-49-51-53-55-62(65)69-59-61(60-71-73(67,68)70-58-57-64)72-63(66)56-54-52-50-48-46-43-16-14-12-10-8-6-4-2/h6,8,12,14,43,46,50,52,61H,3-5,7,9-11,13,15-42,44-45,47-49,51,53-60,64H2,1-2H3,(H,67,68)/b8-6-,14-12-,46-43-,52-50-. The molecule has 0 heterocycles. The van der Waals surface area contributed by atoms with E-state index >= 15 is 0 Å². The molecule has 2 atom stereocenters. The molecule has 9 nitrogen and oxygen atoms in total. The lowest BCUT2D eigenvalue weighted by atomic mass is 10.0. The van der Waals surface area contributed by atoms with E-state index in [-0.39, 0.29) is 32.6 Å². The molecule has 0 aromatic heterocycles. The number of carbonyl (C=O) groups excluding carboxylic acids is 2. The van der Waals surface area contributed by atoms with Crippen LogP contribution in [0.2, 0.25) is 0 Å². The zero-order valence-corrected chi connectivity index (χ0v) is 48.8. The Kier molecular flexibility index (Phi) is 57.6. The quantitative estimate of drug-likeness (QED) is 0.0264. The summed E-state index contributed by atoms with van der Waals surface area (Å²) in [4.78, 5) is 35.0. The van der Waals surface area contributed by atoms with Crippen LogP contribution < -0.4 is 5.73 Å². The molecule has 0 aliphatic carbocycles. The van der Waals surface area contributed by atoms with E-state index < -0.39 is 32.5 Å². The number of allylic oxidation sites excluding steroid dienone is 8. The monoisotopic (exact) mass is 1050 g/mol. The number of phosphoric ester groups is 1. The number of carbonyl (C=O) groups is 2. The van der Waals surface area contributed by atoms with Crippen molar-refractivity contribution in [3.05, 3.63) is 48.6 Å². The van der Waals surface area contributed by atoms with Crippen molar-refractivity contribution in [3.8, 4) is 0 Å². The average Bonchev–Trinajstić information content (AvgIpc) is 3.38. The van der Waals surface area contributed by atoms with Gasteiger partial charge in [-0.3, -0.25) is 18.6 Å². The molecule has 0 radical (unpaired) electrons. The number of unbranched alkanes of at least 4 members (excludes halogenated alkanes) is 38. The van der Waals surface area contributed by atoms with Gasteiger partial charge in [-0.1, -0.05) is 306 Å². The summed E-state index contributed by atoms with van der Waals surface area (Å²) in [6.07, 6.45) is 74.0. The molecule has 0 aliphatic heterocycles. The van der Waals surface area contributed by atoms with Crippen LogP contribution in [-0.2, 0) is 32.7 Å². The number of esters is 2. The van der Waals surface area contributed by atoms with Crippen molar-refractivity contribution in [3.63, 3.8) is 0 Å². The minimum atomic E-state index is -4.40. The second-order valence-corrected chi connectivity index (χ2v) is 22.4. The van der Waals surface area contributed by atoms with Gasteiger partial charge in [-0.25, -0.2) is 4.57 Å². The summed E-state index contributed by atoms with van der Waals surface area (Å²) in [5.41, 5.74) is 5.36. The van der Waals surface area contributed by atoms with Crippen molar-refractivity contribution < 1.29 is 37.6 Å². The topological polar surface area (TPSA) is 134 Å². The minimum Gasteiger partial charge on any atom is -0.462 e. The molecule has 73 heavy (non-hydrogen) atoms. The van der Waals surface area contributed by atoms with Crippen molar-refractivity contribution in [2.75, 3.05) is 26.4 Å². The van der Waals surface area contributed by atoms with E-state index in [0.717, 1.165) is 44.9 Å². The van der Waals surface area contributed by atoms with E-state index in [2.05, 4.69) is 50.3 Å². The maximum atomic E-state index is 12.6. The summed E-state index contributed by atoms with van der Waals surface area (Å²) in [5, 5.41) is 0. The van der Waals surface area contributed by atoms with E-state index in [9.17, 15) is 19.0 Å². The van der Waals surface area contributed by atoms with Crippen LogP contribution in [0.5, 0.6) is 0 Å². The van der Waals surface area contributed by atoms with Crippen LogP contribution in [0.25, 0.3) is 0 Å². The summed E-state index contributed by atoms with van der Waals surface area (Å²) in [6, 6.07) is 0. The number of rotatable bonds is 59. The van der Waals surface area contributed by atoms with E-state index in [1.54, 1.807) is 0 Å². The van der Waals surface area contributed by atoms with Gasteiger partial charge in [0.05, 0.1) is 13.2 Å². The normalized spacial score (nSPS) is 13.3. The lowest BCUT2D eigenvalue weighted by molar-refractivity contribution is -0.161. The Morgan fingerprint density at radius 3 is 1.10 bits per heavy atom. The van der Waals surface area contributed by atoms with Crippen LogP contribution in [-0.4, -0.2) is 49.3 Å². The zero-order valence-electron chi connectivity index (χ0n) is 47.9. The molecule has 0 bridgehead atoms. The van der Waals surface area contributed by atoms with Crippen LogP contribution in [0, 0.1) is 0 Å². The highest BCUT2D eigenvalue weighted by atomic mass is 31.2. The Balaban J connectivity index is 3.71. The number of nitrogens with two attached hydrogens (primary N) is 1. The molecule has 0 aliphatic rings. The first-order valence-electron chi connectivity index (χ1n) is 31.1. The highest BCUT2D eigenvalue weighted by Gasteiger charge is 2.26. The maximum Gasteiger partial charge on any atom is 0.472 e. The summed E-state index contributed by atoms with van der Waals surface area (Å²) in [7, 11) is -4.40. The number of ether oxygens (including phenoxy) is 2. The molecule has 0 aromatic carbocycles. The SMILES string of the molecule is CC/C=C\C/C=C\C/C=C\C/C=C\CCC(=O)OC(COC(=O)CCCCCCCCCCCCCCCCCCCCCCCCCCCCCCCCCCCCCCCCC)COP(=O)(O)OCCN. The van der Waals surface area contributed by atoms with Gasteiger partial charge in [-0.05, 0) is 38.5 Å². The van der Waals surface area contributed by atoms with Crippen LogP contribution in [0.15, 0.2) is 48.6 Å². The molecule has 0 fully saturated rings. The average molecular weight is 1050 g/mol. The van der Waals surface area contributed by atoms with Gasteiger partial charge in [0.25, 0.3) is 0 Å². The highest BCUT2D eigenvalue weighted by Crippen LogP contribution is 2.43. The Bertz CT molecular complexity index is 1330. The molecule has 0 saturated carbocycles. The minimum absolute atomic E-state index is 0.0427. The third kappa shape index (κ3) is 59.1. The van der Waals surface area contributed by atoms with Gasteiger partial charge in [0, 0.05) is 19.4 Å². The smallest absolute Gasteiger partial charge is 0.462 e. The molecule has 428 valence electrons. The van der Waals surface area contributed by atoms with Gasteiger partial charge >= 0.3 is 19.8 Å². The second-order valence-electron chi connectivity index (χ2n) is 20.9. The van der Waals surface area contributed by atoms with Crippen molar-refractivity contribution >= 4 is 19.8 Å². The van der Waals surface area contributed by atoms with Gasteiger partial charge in [-0.2, -0.15) is 0 Å². The first kappa shape index (κ1) is 71.0. The van der Waals surface area contributed by atoms with E-state index in [4.69, 9.17) is 24.3 Å². The molecule has 0 saturated heterocycles. The molecule has 0 rings (SSSR count). The molecule has 3 N–H and O–H groups in total.